The monoisotopic (exact) mass is 583 g/mol. The Balaban J connectivity index is 1.89. The third-order valence-electron chi connectivity index (χ3n) is 12.3. The molecule has 4 aliphatic rings. The van der Waals surface area contributed by atoms with Crippen LogP contribution in [0.25, 0.3) is 0 Å². The molecule has 0 heterocycles. The normalized spacial score (nSPS) is 41.9. The molecule has 7 heteroatoms. The lowest BCUT2D eigenvalue weighted by atomic mass is 9.36. The number of ether oxygens (including phenoxy) is 3. The molecule has 0 bridgehead atoms. The number of hydrogen-bond donors (Lipinski definition) is 1. The van der Waals surface area contributed by atoms with Crippen LogP contribution in [-0.2, 0) is 23.8 Å². The van der Waals surface area contributed by atoms with Gasteiger partial charge in [-0.15, -0.1) is 0 Å². The molecule has 4 rings (SSSR count). The van der Waals surface area contributed by atoms with Crippen molar-refractivity contribution in [1.82, 2.24) is 0 Å². The summed E-state index contributed by atoms with van der Waals surface area (Å²) in [6.07, 6.45) is 7.88. The van der Waals surface area contributed by atoms with Gasteiger partial charge in [-0.05, 0) is 111 Å². The Hall–Kier alpha value is -2.17. The molecule has 4 saturated carbocycles. The minimum atomic E-state index is -0.494. The van der Waals surface area contributed by atoms with E-state index >= 15 is 0 Å². The molecule has 0 spiro atoms. The second kappa shape index (κ2) is 12.4. The molecule has 42 heavy (non-hydrogen) atoms. The van der Waals surface area contributed by atoms with Gasteiger partial charge in [0.2, 0.25) is 0 Å². The Morgan fingerprint density at radius 3 is 2.45 bits per heavy atom. The Kier molecular flexibility index (Phi) is 9.70. The van der Waals surface area contributed by atoms with Crippen molar-refractivity contribution in [2.75, 3.05) is 13.7 Å². The third kappa shape index (κ3) is 5.47. The summed E-state index contributed by atoms with van der Waals surface area (Å²) in [5.74, 6) is 0.0893. The number of aliphatic hydroxyl groups excluding tert-OH is 1. The first-order chi connectivity index (χ1) is 19.7. The maximum absolute atomic E-state index is 13.4. The Labute approximate surface area is 253 Å². The molecule has 0 radical (unpaired) electrons. The first kappa shape index (κ1) is 32.7. The third-order valence-corrected chi connectivity index (χ3v) is 12.3. The summed E-state index contributed by atoms with van der Waals surface area (Å²) in [5.41, 5.74) is 2.28. The van der Waals surface area contributed by atoms with Gasteiger partial charge in [-0.2, -0.15) is 5.26 Å². The topological polar surface area (TPSA) is 106 Å². The van der Waals surface area contributed by atoms with Gasteiger partial charge in [-0.25, -0.2) is 4.79 Å². The second-order valence-corrected chi connectivity index (χ2v) is 14.6. The van der Waals surface area contributed by atoms with Crippen LogP contribution in [0.4, 0.5) is 0 Å². The summed E-state index contributed by atoms with van der Waals surface area (Å²) in [7, 11) is 1.42. The number of carbonyl (C=O) groups is 2. The molecule has 4 fully saturated rings. The van der Waals surface area contributed by atoms with Crippen molar-refractivity contribution in [3.8, 4) is 6.07 Å². The SMILES string of the molecule is COC(=O)/C(CCC=C(C)C)=C1\[C@@H](OC(C)=O)C[C@@]2(C)[C@H]1C[C@@H](OCCC#N)[C@H]1[C@@]3(C)CC[C@@H](O)[C@@H](C)[C@@H]3CC[C@@]12C. The van der Waals surface area contributed by atoms with Crippen LogP contribution in [0.2, 0.25) is 0 Å². The number of nitriles is 1. The number of carbonyl (C=O) groups excluding carboxylic acids is 2. The lowest BCUT2D eigenvalue weighted by molar-refractivity contribution is -0.243. The molecular formula is C35H53NO6. The zero-order valence-electron chi connectivity index (χ0n) is 27.1. The summed E-state index contributed by atoms with van der Waals surface area (Å²) >= 11 is 0. The summed E-state index contributed by atoms with van der Waals surface area (Å²) in [4.78, 5) is 25.9. The Morgan fingerprint density at radius 1 is 1.12 bits per heavy atom. The maximum atomic E-state index is 13.4. The fourth-order valence-corrected chi connectivity index (χ4v) is 10.3. The van der Waals surface area contributed by atoms with Gasteiger partial charge in [-0.1, -0.05) is 39.3 Å². The van der Waals surface area contributed by atoms with Crippen molar-refractivity contribution < 1.29 is 28.9 Å². The van der Waals surface area contributed by atoms with E-state index < -0.39 is 6.10 Å². The van der Waals surface area contributed by atoms with Crippen LogP contribution in [0.5, 0.6) is 0 Å². The van der Waals surface area contributed by atoms with Crippen LogP contribution >= 0.6 is 0 Å². The standard InChI is InChI=1S/C35H53NO6/c1-21(2)11-9-12-24(32(39)40-8)30-26-19-28(41-18-10-17-36)31-33(5)15-14-27(38)22(3)25(33)13-16-34(31,6)35(26,7)20-29(30)42-23(4)37/h11,22,25-29,31,38H,9-10,12-16,18-20H2,1-8H3/b30-24-/t22-,25-,26-,27+,28+,29-,31-,33-,34-,35-/m0/s1. The number of fused-ring (bicyclic) bond motifs is 5. The van der Waals surface area contributed by atoms with E-state index in [9.17, 15) is 20.0 Å². The minimum absolute atomic E-state index is 0.0252. The zero-order valence-corrected chi connectivity index (χ0v) is 27.1. The zero-order chi connectivity index (χ0) is 31.0. The smallest absolute Gasteiger partial charge is 0.333 e. The van der Waals surface area contributed by atoms with Gasteiger partial charge in [0.1, 0.15) is 6.10 Å². The van der Waals surface area contributed by atoms with Crippen LogP contribution in [0.3, 0.4) is 0 Å². The molecule has 4 aliphatic carbocycles. The highest BCUT2D eigenvalue weighted by Crippen LogP contribution is 2.74. The van der Waals surface area contributed by atoms with Crippen molar-refractivity contribution >= 4 is 11.9 Å². The molecule has 234 valence electrons. The largest absolute Gasteiger partial charge is 0.466 e. The van der Waals surface area contributed by atoms with Crippen molar-refractivity contribution in [1.29, 1.82) is 5.26 Å². The quantitative estimate of drug-likeness (QED) is 0.147. The van der Waals surface area contributed by atoms with Gasteiger partial charge >= 0.3 is 11.9 Å². The van der Waals surface area contributed by atoms with Gasteiger partial charge < -0.3 is 19.3 Å². The van der Waals surface area contributed by atoms with Crippen LogP contribution in [0.15, 0.2) is 22.8 Å². The number of aliphatic hydroxyl groups is 1. The fourth-order valence-electron chi connectivity index (χ4n) is 10.3. The first-order valence-electron chi connectivity index (χ1n) is 16.0. The predicted molar refractivity (Wildman–Crippen MR) is 161 cm³/mol. The highest BCUT2D eigenvalue weighted by atomic mass is 16.5. The lowest BCUT2D eigenvalue weighted by Gasteiger charge is -2.69. The molecule has 7 nitrogen and oxygen atoms in total. The molecule has 0 aromatic heterocycles. The molecule has 0 aromatic carbocycles. The number of rotatable bonds is 8. The van der Waals surface area contributed by atoms with E-state index in [0.29, 0.717) is 50.2 Å². The molecule has 10 atom stereocenters. The molecule has 1 N–H and O–H groups in total. The molecule has 0 aromatic rings. The van der Waals surface area contributed by atoms with Crippen LogP contribution < -0.4 is 0 Å². The van der Waals surface area contributed by atoms with E-state index in [-0.39, 0.29) is 58.1 Å². The Morgan fingerprint density at radius 2 is 1.83 bits per heavy atom. The van der Waals surface area contributed by atoms with Gasteiger partial charge in [0.25, 0.3) is 0 Å². The van der Waals surface area contributed by atoms with Crippen LogP contribution in [0, 0.1) is 51.2 Å². The average Bonchev–Trinajstić information content (AvgIpc) is 3.19. The first-order valence-corrected chi connectivity index (χ1v) is 16.0. The molecule has 0 aliphatic heterocycles. The number of methoxy groups -OCH3 is 1. The van der Waals surface area contributed by atoms with Gasteiger partial charge in [-0.3, -0.25) is 4.79 Å². The van der Waals surface area contributed by atoms with Gasteiger partial charge in [0.15, 0.2) is 0 Å². The maximum Gasteiger partial charge on any atom is 0.333 e. The highest BCUT2D eigenvalue weighted by molar-refractivity contribution is 5.90. The number of allylic oxidation sites excluding steroid dienone is 2. The van der Waals surface area contributed by atoms with Crippen LogP contribution in [0.1, 0.15) is 106 Å². The summed E-state index contributed by atoms with van der Waals surface area (Å²) in [5, 5.41) is 20.2. The lowest BCUT2D eigenvalue weighted by Crippen LogP contribution is -2.66. The molecule has 0 saturated heterocycles. The highest BCUT2D eigenvalue weighted by Gasteiger charge is 2.71. The van der Waals surface area contributed by atoms with Gasteiger partial charge in [0, 0.05) is 12.5 Å². The predicted octanol–water partition coefficient (Wildman–Crippen LogP) is 6.69. The molecular weight excluding hydrogens is 530 g/mol. The number of esters is 2. The number of hydrogen-bond acceptors (Lipinski definition) is 7. The summed E-state index contributed by atoms with van der Waals surface area (Å²) in [6.45, 7) is 15.3. The fraction of sp³-hybridized carbons (Fsp3) is 0.800. The second-order valence-electron chi connectivity index (χ2n) is 14.6. The van der Waals surface area contributed by atoms with Crippen molar-refractivity contribution in [3.63, 3.8) is 0 Å². The van der Waals surface area contributed by atoms with E-state index in [4.69, 9.17) is 14.2 Å². The summed E-state index contributed by atoms with van der Waals surface area (Å²) in [6, 6.07) is 2.24. The minimum Gasteiger partial charge on any atom is -0.466 e. The van der Waals surface area contributed by atoms with E-state index in [1.165, 1.54) is 19.6 Å². The van der Waals surface area contributed by atoms with E-state index in [0.717, 1.165) is 31.3 Å². The van der Waals surface area contributed by atoms with E-state index in [1.807, 2.05) is 13.8 Å². The van der Waals surface area contributed by atoms with Crippen molar-refractivity contribution in [2.24, 2.45) is 39.9 Å². The number of nitrogens with zero attached hydrogens (tertiary/aromatic N) is 1. The molecule has 0 unspecified atom stereocenters. The Bertz CT molecular complexity index is 1150. The van der Waals surface area contributed by atoms with Crippen LogP contribution in [-0.4, -0.2) is 49.1 Å². The van der Waals surface area contributed by atoms with E-state index in [2.05, 4.69) is 39.8 Å². The van der Waals surface area contributed by atoms with Crippen molar-refractivity contribution in [2.45, 2.75) is 125 Å². The van der Waals surface area contributed by atoms with E-state index in [1.54, 1.807) is 0 Å². The molecule has 0 amide bonds. The van der Waals surface area contributed by atoms with Gasteiger partial charge in [0.05, 0.1) is 38.4 Å². The van der Waals surface area contributed by atoms with Crippen molar-refractivity contribution in [3.05, 3.63) is 22.8 Å². The average molecular weight is 584 g/mol. The summed E-state index contributed by atoms with van der Waals surface area (Å²) < 4.78 is 18.1.